The Kier molecular flexibility index (Phi) is 4.38. The molecule has 20 heavy (non-hydrogen) atoms. The second-order valence-corrected chi connectivity index (χ2v) is 5.28. The van der Waals surface area contributed by atoms with E-state index in [1.165, 1.54) is 17.8 Å². The molecule has 0 bridgehead atoms. The van der Waals surface area contributed by atoms with Gasteiger partial charge in [-0.1, -0.05) is 18.2 Å². The highest BCUT2D eigenvalue weighted by molar-refractivity contribution is 7.98. The Morgan fingerprint density at radius 2 is 2.05 bits per heavy atom. The summed E-state index contributed by atoms with van der Waals surface area (Å²) in [6.45, 7) is 1.94. The number of hydrogen-bond acceptors (Lipinski definition) is 4. The van der Waals surface area contributed by atoms with Gasteiger partial charge in [0.25, 0.3) is 5.69 Å². The number of rotatable bonds is 4. The Morgan fingerprint density at radius 1 is 1.30 bits per heavy atom. The number of para-hydroxylation sites is 1. The zero-order chi connectivity index (χ0) is 14.5. The lowest BCUT2D eigenvalue weighted by atomic mass is 10.1. The molecule has 0 fully saturated rings. The third-order valence-electron chi connectivity index (χ3n) is 2.92. The molecule has 0 heterocycles. The normalized spacial score (nSPS) is 10.0. The lowest BCUT2D eigenvalue weighted by Gasteiger charge is -2.06. The first-order valence-electron chi connectivity index (χ1n) is 5.97. The molecule has 0 aromatic heterocycles. The van der Waals surface area contributed by atoms with E-state index in [2.05, 4.69) is 6.07 Å². The highest BCUT2D eigenvalue weighted by Gasteiger charge is 2.13. The largest absolute Gasteiger partial charge is 0.282 e. The van der Waals surface area contributed by atoms with Crippen molar-refractivity contribution >= 4 is 17.4 Å². The summed E-state index contributed by atoms with van der Waals surface area (Å²) in [5, 5.41) is 19.8. The summed E-state index contributed by atoms with van der Waals surface area (Å²) >= 11 is 1.43. The Morgan fingerprint density at radius 3 is 2.70 bits per heavy atom. The summed E-state index contributed by atoms with van der Waals surface area (Å²) in [6.07, 6.45) is 0. The van der Waals surface area contributed by atoms with Gasteiger partial charge in [-0.3, -0.25) is 10.1 Å². The van der Waals surface area contributed by atoms with Gasteiger partial charge in [-0.05, 0) is 36.2 Å². The van der Waals surface area contributed by atoms with Crippen LogP contribution in [0.4, 0.5) is 5.69 Å². The van der Waals surface area contributed by atoms with Crippen LogP contribution in [-0.2, 0) is 5.75 Å². The first kappa shape index (κ1) is 14.1. The smallest absolute Gasteiger partial charge is 0.258 e. The van der Waals surface area contributed by atoms with Crippen molar-refractivity contribution in [2.45, 2.75) is 17.6 Å². The van der Waals surface area contributed by atoms with Crippen LogP contribution in [-0.4, -0.2) is 4.92 Å². The van der Waals surface area contributed by atoms with E-state index in [-0.39, 0.29) is 10.6 Å². The standard InChI is InChI=1S/C15H12N2O2S/c1-11-8-12(9-16)6-7-13(11)10-20-15-5-3-2-4-14(15)17(18)19/h2-8H,10H2,1H3. The minimum absolute atomic E-state index is 0.129. The van der Waals surface area contributed by atoms with Gasteiger partial charge in [-0.2, -0.15) is 5.26 Å². The number of nitriles is 1. The molecular weight excluding hydrogens is 272 g/mol. The predicted octanol–water partition coefficient (Wildman–Crippen LogP) is 4.07. The third kappa shape index (κ3) is 3.16. The van der Waals surface area contributed by atoms with Gasteiger partial charge in [-0.25, -0.2) is 0 Å². The van der Waals surface area contributed by atoms with Gasteiger partial charge in [0.05, 0.1) is 21.5 Å². The summed E-state index contributed by atoms with van der Waals surface area (Å²) in [5.41, 5.74) is 2.85. The molecule has 0 saturated heterocycles. The number of thioether (sulfide) groups is 1. The van der Waals surface area contributed by atoms with Gasteiger partial charge in [0.15, 0.2) is 0 Å². The van der Waals surface area contributed by atoms with Crippen LogP contribution < -0.4 is 0 Å². The molecule has 0 aliphatic carbocycles. The fourth-order valence-electron chi connectivity index (χ4n) is 1.81. The van der Waals surface area contributed by atoms with Gasteiger partial charge in [0, 0.05) is 11.8 Å². The SMILES string of the molecule is Cc1cc(C#N)ccc1CSc1ccccc1[N+](=O)[O-]. The van der Waals surface area contributed by atoms with E-state index >= 15 is 0 Å². The molecule has 0 N–H and O–H groups in total. The van der Waals surface area contributed by atoms with Gasteiger partial charge in [0.1, 0.15) is 0 Å². The quantitative estimate of drug-likeness (QED) is 0.482. The lowest BCUT2D eigenvalue weighted by Crippen LogP contribution is -1.92. The number of nitro benzene ring substituents is 1. The highest BCUT2D eigenvalue weighted by atomic mass is 32.2. The first-order chi connectivity index (χ1) is 9.61. The van der Waals surface area contributed by atoms with E-state index in [0.717, 1.165) is 11.1 Å². The maximum atomic E-state index is 10.9. The summed E-state index contributed by atoms with van der Waals surface area (Å²) in [6, 6.07) is 14.3. The van der Waals surface area contributed by atoms with Crippen molar-refractivity contribution in [3.8, 4) is 6.07 Å². The minimum atomic E-state index is -0.367. The van der Waals surface area contributed by atoms with Crippen LogP contribution in [0.2, 0.25) is 0 Å². The molecule has 100 valence electrons. The van der Waals surface area contributed by atoms with Crippen LogP contribution in [0.3, 0.4) is 0 Å². The summed E-state index contributed by atoms with van der Waals surface area (Å²) in [4.78, 5) is 11.2. The molecule has 0 spiro atoms. The predicted molar refractivity (Wildman–Crippen MR) is 78.6 cm³/mol. The van der Waals surface area contributed by atoms with Gasteiger partial charge in [-0.15, -0.1) is 11.8 Å². The molecule has 2 rings (SSSR count). The second kappa shape index (κ2) is 6.22. The number of aryl methyl sites for hydroxylation is 1. The summed E-state index contributed by atoms with van der Waals surface area (Å²) in [7, 11) is 0. The van der Waals surface area contributed by atoms with Gasteiger partial charge < -0.3 is 0 Å². The van der Waals surface area contributed by atoms with Crippen molar-refractivity contribution in [1.29, 1.82) is 5.26 Å². The number of hydrogen-bond donors (Lipinski definition) is 0. The Labute approximate surface area is 121 Å². The van der Waals surface area contributed by atoms with E-state index in [4.69, 9.17) is 5.26 Å². The average Bonchev–Trinajstić information content (AvgIpc) is 2.46. The Bertz CT molecular complexity index is 693. The monoisotopic (exact) mass is 284 g/mol. The Balaban J connectivity index is 2.18. The van der Waals surface area contributed by atoms with E-state index < -0.39 is 0 Å². The first-order valence-corrected chi connectivity index (χ1v) is 6.96. The molecule has 0 amide bonds. The van der Waals surface area contributed by atoms with Crippen molar-refractivity contribution in [3.05, 3.63) is 69.3 Å². The van der Waals surface area contributed by atoms with Crippen LogP contribution in [0.15, 0.2) is 47.4 Å². The zero-order valence-corrected chi connectivity index (χ0v) is 11.7. The Hall–Kier alpha value is -2.32. The van der Waals surface area contributed by atoms with Gasteiger partial charge >= 0.3 is 0 Å². The zero-order valence-electron chi connectivity index (χ0n) is 10.9. The van der Waals surface area contributed by atoms with Crippen molar-refractivity contribution in [3.63, 3.8) is 0 Å². The van der Waals surface area contributed by atoms with E-state index in [9.17, 15) is 10.1 Å². The maximum absolute atomic E-state index is 10.9. The molecule has 0 aliphatic heterocycles. The molecular formula is C15H12N2O2S. The molecule has 0 saturated carbocycles. The highest BCUT2D eigenvalue weighted by Crippen LogP contribution is 2.31. The van der Waals surface area contributed by atoms with E-state index in [1.807, 2.05) is 19.1 Å². The molecule has 5 heteroatoms. The maximum Gasteiger partial charge on any atom is 0.282 e. The van der Waals surface area contributed by atoms with E-state index in [1.54, 1.807) is 24.3 Å². The van der Waals surface area contributed by atoms with E-state index in [0.29, 0.717) is 16.2 Å². The molecule has 0 atom stereocenters. The molecule has 0 aliphatic rings. The van der Waals surface area contributed by atoms with Crippen LogP contribution >= 0.6 is 11.8 Å². The van der Waals surface area contributed by atoms with Crippen molar-refractivity contribution in [1.82, 2.24) is 0 Å². The fraction of sp³-hybridized carbons (Fsp3) is 0.133. The number of nitro groups is 1. The molecule has 2 aromatic rings. The average molecular weight is 284 g/mol. The van der Waals surface area contributed by atoms with Crippen molar-refractivity contribution < 1.29 is 4.92 Å². The third-order valence-corrected chi connectivity index (χ3v) is 4.03. The summed E-state index contributed by atoms with van der Waals surface area (Å²) < 4.78 is 0. The topological polar surface area (TPSA) is 66.9 Å². The van der Waals surface area contributed by atoms with Gasteiger partial charge in [0.2, 0.25) is 0 Å². The van der Waals surface area contributed by atoms with Crippen molar-refractivity contribution in [2.75, 3.05) is 0 Å². The second-order valence-electron chi connectivity index (χ2n) is 4.27. The molecule has 4 nitrogen and oxygen atoms in total. The minimum Gasteiger partial charge on any atom is -0.258 e. The van der Waals surface area contributed by atoms with Crippen LogP contribution in [0.1, 0.15) is 16.7 Å². The fourth-order valence-corrected chi connectivity index (χ4v) is 2.91. The van der Waals surface area contributed by atoms with Crippen LogP contribution in [0.5, 0.6) is 0 Å². The number of benzene rings is 2. The van der Waals surface area contributed by atoms with Crippen LogP contribution in [0, 0.1) is 28.4 Å². The molecule has 0 unspecified atom stereocenters. The van der Waals surface area contributed by atoms with Crippen molar-refractivity contribution in [2.24, 2.45) is 0 Å². The molecule has 2 aromatic carbocycles. The van der Waals surface area contributed by atoms with Crippen LogP contribution in [0.25, 0.3) is 0 Å². The molecule has 0 radical (unpaired) electrons. The summed E-state index contributed by atoms with van der Waals surface area (Å²) in [5.74, 6) is 0.641. The lowest BCUT2D eigenvalue weighted by molar-refractivity contribution is -0.387. The number of nitrogens with zero attached hydrogens (tertiary/aromatic N) is 2.